The van der Waals surface area contributed by atoms with Gasteiger partial charge in [0.15, 0.2) is 11.6 Å². The molecule has 0 heterocycles. The Morgan fingerprint density at radius 2 is 1.45 bits per heavy atom. The van der Waals surface area contributed by atoms with Gasteiger partial charge in [-0.25, -0.2) is 5.43 Å². The van der Waals surface area contributed by atoms with E-state index in [9.17, 15) is 9.59 Å². The molecule has 0 aliphatic heterocycles. The molecule has 1 fully saturated rings. The Hall–Kier alpha value is -3.24. The van der Waals surface area contributed by atoms with Gasteiger partial charge in [0.1, 0.15) is 0 Å². The summed E-state index contributed by atoms with van der Waals surface area (Å²) in [6, 6.07) is 21.3. The number of aryl methyl sites for hydroxylation is 1. The van der Waals surface area contributed by atoms with Gasteiger partial charge >= 0.3 is 0 Å². The van der Waals surface area contributed by atoms with E-state index in [1.807, 2.05) is 41.4 Å². The standard InChI is InChI=1S/C27H26N2O2/c1-18-9-7-12-20(17-18)29(28-19-10-3-2-4-11-19)24-16-8-15-23-25(24)27(31)22-14-6-5-13-21(22)26(23)30/h5-9,12-17,19,28H,2-4,10-11H2,1H3. The summed E-state index contributed by atoms with van der Waals surface area (Å²) in [6.07, 6.45) is 5.89. The molecule has 0 unspecified atom stereocenters. The van der Waals surface area contributed by atoms with Crippen molar-refractivity contribution in [3.8, 4) is 0 Å². The van der Waals surface area contributed by atoms with Gasteiger partial charge in [-0.1, -0.05) is 67.8 Å². The molecule has 3 aromatic rings. The predicted octanol–water partition coefficient (Wildman–Crippen LogP) is 5.75. The summed E-state index contributed by atoms with van der Waals surface area (Å²) in [7, 11) is 0. The smallest absolute Gasteiger partial charge is 0.196 e. The van der Waals surface area contributed by atoms with Gasteiger partial charge in [0.05, 0.1) is 16.9 Å². The van der Waals surface area contributed by atoms with Crippen LogP contribution in [0.4, 0.5) is 11.4 Å². The molecule has 156 valence electrons. The van der Waals surface area contributed by atoms with Gasteiger partial charge in [0.2, 0.25) is 0 Å². The van der Waals surface area contributed by atoms with Crippen molar-refractivity contribution in [2.24, 2.45) is 0 Å². The van der Waals surface area contributed by atoms with E-state index in [1.54, 1.807) is 18.2 Å². The minimum Gasteiger partial charge on any atom is -0.289 e. The Bertz CT molecular complexity index is 1160. The summed E-state index contributed by atoms with van der Waals surface area (Å²) in [5, 5.41) is 2.03. The fraction of sp³-hybridized carbons (Fsp3) is 0.259. The molecule has 0 spiro atoms. The Kier molecular flexibility index (Phi) is 5.16. The van der Waals surface area contributed by atoms with Crippen LogP contribution in [0.3, 0.4) is 0 Å². The molecule has 2 aliphatic carbocycles. The maximum atomic E-state index is 13.6. The van der Waals surface area contributed by atoms with Crippen LogP contribution in [-0.4, -0.2) is 17.6 Å². The Balaban J connectivity index is 1.65. The van der Waals surface area contributed by atoms with Gasteiger partial charge in [-0.05, 0) is 43.5 Å². The van der Waals surface area contributed by atoms with Crippen molar-refractivity contribution >= 4 is 22.9 Å². The monoisotopic (exact) mass is 410 g/mol. The van der Waals surface area contributed by atoms with Gasteiger partial charge in [-0.15, -0.1) is 0 Å². The molecule has 4 nitrogen and oxygen atoms in total. The van der Waals surface area contributed by atoms with Crippen molar-refractivity contribution in [3.63, 3.8) is 0 Å². The third kappa shape index (κ3) is 3.57. The van der Waals surface area contributed by atoms with Crippen LogP contribution in [0.2, 0.25) is 0 Å². The largest absolute Gasteiger partial charge is 0.289 e. The van der Waals surface area contributed by atoms with Crippen molar-refractivity contribution in [2.75, 3.05) is 5.01 Å². The van der Waals surface area contributed by atoms with Gasteiger partial charge < -0.3 is 0 Å². The number of hydrogen-bond acceptors (Lipinski definition) is 4. The second-order valence-corrected chi connectivity index (χ2v) is 8.54. The van der Waals surface area contributed by atoms with E-state index in [1.165, 1.54) is 19.3 Å². The summed E-state index contributed by atoms with van der Waals surface area (Å²) in [5.41, 5.74) is 8.47. The van der Waals surface area contributed by atoms with Crippen molar-refractivity contribution in [1.82, 2.24) is 5.43 Å². The van der Waals surface area contributed by atoms with Crippen LogP contribution in [0.25, 0.3) is 0 Å². The van der Waals surface area contributed by atoms with Crippen molar-refractivity contribution in [3.05, 3.63) is 94.5 Å². The third-order valence-corrected chi connectivity index (χ3v) is 6.35. The molecule has 3 aromatic carbocycles. The molecular formula is C27H26N2O2. The number of anilines is 2. The van der Waals surface area contributed by atoms with Gasteiger partial charge in [-0.2, -0.15) is 0 Å². The van der Waals surface area contributed by atoms with E-state index < -0.39 is 0 Å². The van der Waals surface area contributed by atoms with Crippen LogP contribution in [0, 0.1) is 6.92 Å². The van der Waals surface area contributed by atoms with E-state index in [-0.39, 0.29) is 11.6 Å². The lowest BCUT2D eigenvalue weighted by atomic mass is 9.83. The van der Waals surface area contributed by atoms with E-state index in [0.29, 0.717) is 28.3 Å². The second-order valence-electron chi connectivity index (χ2n) is 8.54. The molecule has 5 rings (SSSR count). The number of nitrogens with one attached hydrogen (secondary N) is 1. The lowest BCUT2D eigenvalue weighted by Crippen LogP contribution is -2.44. The lowest BCUT2D eigenvalue weighted by Gasteiger charge is -2.34. The zero-order chi connectivity index (χ0) is 21.4. The Morgan fingerprint density at radius 1 is 0.774 bits per heavy atom. The topological polar surface area (TPSA) is 49.4 Å². The number of hydrogen-bond donors (Lipinski definition) is 1. The first-order valence-corrected chi connectivity index (χ1v) is 11.1. The minimum atomic E-state index is -0.0936. The van der Waals surface area contributed by atoms with Gasteiger partial charge in [0.25, 0.3) is 0 Å². The molecule has 1 saturated carbocycles. The first-order chi connectivity index (χ1) is 15.1. The molecular weight excluding hydrogens is 384 g/mol. The highest BCUT2D eigenvalue weighted by Crippen LogP contribution is 2.36. The number of hydrazine groups is 1. The molecule has 1 N–H and O–H groups in total. The average Bonchev–Trinajstić information content (AvgIpc) is 2.81. The number of nitrogens with zero attached hydrogens (tertiary/aromatic N) is 1. The normalized spacial score (nSPS) is 16.0. The van der Waals surface area contributed by atoms with Crippen LogP contribution < -0.4 is 10.4 Å². The number of carbonyl (C=O) groups excluding carboxylic acids is 2. The quantitative estimate of drug-likeness (QED) is 0.436. The first kappa shape index (κ1) is 19.7. The van der Waals surface area contributed by atoms with Crippen molar-refractivity contribution in [2.45, 2.75) is 45.1 Å². The number of fused-ring (bicyclic) bond motifs is 2. The maximum Gasteiger partial charge on any atom is 0.196 e. The molecule has 0 saturated heterocycles. The van der Waals surface area contributed by atoms with E-state index in [2.05, 4.69) is 24.5 Å². The zero-order valence-electron chi connectivity index (χ0n) is 17.7. The SMILES string of the molecule is Cc1cccc(N(NC2CCCCC2)c2cccc3c2C(=O)c2ccccc2C3=O)c1. The summed E-state index contributed by atoms with van der Waals surface area (Å²) in [4.78, 5) is 26.8. The van der Waals surface area contributed by atoms with Gasteiger partial charge in [0, 0.05) is 22.7 Å². The number of benzene rings is 3. The molecule has 0 radical (unpaired) electrons. The minimum absolute atomic E-state index is 0.0890. The molecule has 4 heteroatoms. The number of rotatable bonds is 4. The zero-order valence-corrected chi connectivity index (χ0v) is 17.7. The molecule has 0 aromatic heterocycles. The Labute approximate surface area is 182 Å². The van der Waals surface area contributed by atoms with Crippen molar-refractivity contribution in [1.29, 1.82) is 0 Å². The first-order valence-electron chi connectivity index (χ1n) is 11.1. The molecule has 0 amide bonds. The van der Waals surface area contributed by atoms with E-state index >= 15 is 0 Å². The van der Waals surface area contributed by atoms with Crippen LogP contribution in [0.5, 0.6) is 0 Å². The highest BCUT2D eigenvalue weighted by molar-refractivity contribution is 6.30. The Morgan fingerprint density at radius 3 is 2.19 bits per heavy atom. The van der Waals surface area contributed by atoms with Crippen LogP contribution in [0.15, 0.2) is 66.7 Å². The molecule has 31 heavy (non-hydrogen) atoms. The second kappa shape index (κ2) is 8.12. The third-order valence-electron chi connectivity index (χ3n) is 6.35. The molecule has 0 bridgehead atoms. The lowest BCUT2D eigenvalue weighted by molar-refractivity contribution is 0.0979. The number of carbonyl (C=O) groups is 2. The highest BCUT2D eigenvalue weighted by atomic mass is 16.1. The van der Waals surface area contributed by atoms with Gasteiger partial charge in [-0.3, -0.25) is 14.6 Å². The van der Waals surface area contributed by atoms with Crippen LogP contribution in [0.1, 0.15) is 69.5 Å². The fourth-order valence-corrected chi connectivity index (χ4v) is 4.78. The van der Waals surface area contributed by atoms with Crippen molar-refractivity contribution < 1.29 is 9.59 Å². The average molecular weight is 411 g/mol. The maximum absolute atomic E-state index is 13.6. The van der Waals surface area contributed by atoms with E-state index in [0.717, 1.165) is 29.8 Å². The predicted molar refractivity (Wildman–Crippen MR) is 123 cm³/mol. The summed E-state index contributed by atoms with van der Waals surface area (Å²) < 4.78 is 0. The summed E-state index contributed by atoms with van der Waals surface area (Å²) in [5.74, 6) is -0.183. The summed E-state index contributed by atoms with van der Waals surface area (Å²) >= 11 is 0. The van der Waals surface area contributed by atoms with Crippen LogP contribution in [-0.2, 0) is 0 Å². The molecule has 2 aliphatic rings. The molecule has 0 atom stereocenters. The highest BCUT2D eigenvalue weighted by Gasteiger charge is 2.33. The summed E-state index contributed by atoms with van der Waals surface area (Å²) in [6.45, 7) is 2.06. The number of ketones is 2. The van der Waals surface area contributed by atoms with Crippen LogP contribution >= 0.6 is 0 Å². The van der Waals surface area contributed by atoms with E-state index in [4.69, 9.17) is 0 Å². The fourth-order valence-electron chi connectivity index (χ4n) is 4.78.